The molecule has 6 amide bonds. The first-order valence-electron chi connectivity index (χ1n) is 14.2. The highest BCUT2D eigenvalue weighted by Crippen LogP contribution is 2.07. The highest BCUT2D eigenvalue weighted by molar-refractivity contribution is 5.98. The average Bonchev–Trinajstić information content (AvgIpc) is 2.96. The van der Waals surface area contributed by atoms with Crippen LogP contribution >= 0.6 is 0 Å². The summed E-state index contributed by atoms with van der Waals surface area (Å²) in [5.74, 6) is -11.0. The third-order valence-corrected chi connectivity index (χ3v) is 6.20. The zero-order valence-electron chi connectivity index (χ0n) is 26.1. The SMILES string of the molecule is CC(C)C[C@H](NC(=O)[C@H](CC(=O)O)NC(=O)[C@H](CO)NC(=O)[C@H](C)NC(=O)[C@@H](N)CC(=O)O)C(=O)N[C@@H](C)C(=O)N[C@@H](CO)C(=O)O. The number of aliphatic hydroxyl groups is 2. The number of aliphatic hydroxyl groups excluding tert-OH is 2. The van der Waals surface area contributed by atoms with E-state index < -0.39 is 122 Å². The number of nitrogens with one attached hydrogen (secondary N) is 6. The summed E-state index contributed by atoms with van der Waals surface area (Å²) in [5, 5.41) is 58.7. The summed E-state index contributed by atoms with van der Waals surface area (Å²) in [4.78, 5) is 109. The number of nitrogens with two attached hydrogens (primary N) is 1. The second-order valence-corrected chi connectivity index (χ2v) is 10.8. The van der Waals surface area contributed by atoms with Crippen molar-refractivity contribution in [2.45, 2.75) is 89.3 Å². The number of carbonyl (C=O) groups excluding carboxylic acids is 6. The van der Waals surface area contributed by atoms with E-state index in [9.17, 15) is 53.4 Å². The second-order valence-electron chi connectivity index (χ2n) is 10.8. The Hall–Kier alpha value is -4.89. The summed E-state index contributed by atoms with van der Waals surface area (Å²) in [7, 11) is 0. The molecule has 0 bridgehead atoms. The molecule has 0 fully saturated rings. The van der Waals surface area contributed by atoms with Crippen molar-refractivity contribution in [3.05, 3.63) is 0 Å². The maximum atomic E-state index is 13.1. The molecule has 0 spiro atoms. The quantitative estimate of drug-likeness (QED) is 0.0538. The maximum Gasteiger partial charge on any atom is 0.328 e. The van der Waals surface area contributed by atoms with Crippen LogP contribution in [-0.4, -0.2) is 134 Å². The first-order valence-corrected chi connectivity index (χ1v) is 14.2. The molecule has 0 aromatic rings. The third-order valence-electron chi connectivity index (χ3n) is 6.20. The van der Waals surface area contributed by atoms with Gasteiger partial charge in [0.25, 0.3) is 0 Å². The molecule has 0 saturated heterocycles. The minimum Gasteiger partial charge on any atom is -0.481 e. The van der Waals surface area contributed by atoms with Crippen molar-refractivity contribution >= 4 is 53.4 Å². The number of hydrogen-bond donors (Lipinski definition) is 12. The van der Waals surface area contributed by atoms with Crippen molar-refractivity contribution < 1.29 is 68.7 Å². The van der Waals surface area contributed by atoms with E-state index in [1.54, 1.807) is 13.8 Å². The van der Waals surface area contributed by atoms with Gasteiger partial charge < -0.3 is 63.2 Å². The molecule has 0 aromatic heterocycles. The number of carboxylic acids is 3. The van der Waals surface area contributed by atoms with Crippen molar-refractivity contribution in [1.82, 2.24) is 31.9 Å². The standard InChI is InChI=1S/C26H43N7O14/c1-10(2)5-14(23(43)29-12(4)21(41)33-17(9-35)26(46)47)30-24(44)15(7-19(38)39)31-25(45)16(8-34)32-20(40)11(3)28-22(42)13(27)6-18(36)37/h10-17,34-35H,5-9,27H2,1-4H3,(H,28,42)(H,29,43)(H,30,44)(H,31,45)(H,32,40)(H,33,41)(H,36,37)(H,38,39)(H,46,47)/t11-,12-,13-,14-,15-,16-,17-/m0/s1. The van der Waals surface area contributed by atoms with Crippen molar-refractivity contribution in [2.75, 3.05) is 13.2 Å². The lowest BCUT2D eigenvalue weighted by Crippen LogP contribution is -2.60. The lowest BCUT2D eigenvalue weighted by atomic mass is 10.0. The molecule has 7 atom stereocenters. The van der Waals surface area contributed by atoms with Gasteiger partial charge in [0.1, 0.15) is 36.3 Å². The van der Waals surface area contributed by atoms with Crippen LogP contribution in [0.5, 0.6) is 0 Å². The van der Waals surface area contributed by atoms with Crippen LogP contribution in [0.4, 0.5) is 0 Å². The fourth-order valence-corrected chi connectivity index (χ4v) is 3.65. The minimum atomic E-state index is -1.85. The van der Waals surface area contributed by atoms with E-state index in [1.165, 1.54) is 6.92 Å². The van der Waals surface area contributed by atoms with E-state index in [2.05, 4.69) is 26.6 Å². The van der Waals surface area contributed by atoms with Crippen LogP contribution in [0.2, 0.25) is 0 Å². The van der Waals surface area contributed by atoms with Gasteiger partial charge in [-0.15, -0.1) is 0 Å². The number of amides is 6. The first-order chi connectivity index (χ1) is 21.7. The van der Waals surface area contributed by atoms with Gasteiger partial charge in [0.05, 0.1) is 32.1 Å². The van der Waals surface area contributed by atoms with E-state index in [0.717, 1.165) is 6.92 Å². The Morgan fingerprint density at radius 1 is 0.511 bits per heavy atom. The zero-order valence-corrected chi connectivity index (χ0v) is 26.1. The Morgan fingerprint density at radius 3 is 1.32 bits per heavy atom. The van der Waals surface area contributed by atoms with Gasteiger partial charge in [-0.25, -0.2) is 4.79 Å². The molecular formula is C26H43N7O14. The van der Waals surface area contributed by atoms with Crippen LogP contribution < -0.4 is 37.6 Å². The topological polar surface area (TPSA) is 353 Å². The fourth-order valence-electron chi connectivity index (χ4n) is 3.65. The Bertz CT molecular complexity index is 1180. The Balaban J connectivity index is 5.67. The number of aliphatic carboxylic acids is 3. The van der Waals surface area contributed by atoms with Gasteiger partial charge >= 0.3 is 17.9 Å². The predicted octanol–water partition coefficient (Wildman–Crippen LogP) is -5.67. The fraction of sp³-hybridized carbons (Fsp3) is 0.654. The van der Waals surface area contributed by atoms with Crippen LogP contribution in [-0.2, 0) is 43.2 Å². The molecular weight excluding hydrogens is 634 g/mol. The number of rotatable bonds is 21. The van der Waals surface area contributed by atoms with Crippen molar-refractivity contribution in [3.63, 3.8) is 0 Å². The number of carbonyl (C=O) groups is 9. The lowest BCUT2D eigenvalue weighted by Gasteiger charge is -2.26. The van der Waals surface area contributed by atoms with Crippen LogP contribution in [0.1, 0.15) is 47.0 Å². The second kappa shape index (κ2) is 20.3. The molecule has 21 heteroatoms. The molecule has 266 valence electrons. The van der Waals surface area contributed by atoms with E-state index >= 15 is 0 Å². The normalized spacial score (nSPS) is 15.3. The molecule has 0 aliphatic heterocycles. The van der Waals surface area contributed by atoms with E-state index in [0.29, 0.717) is 0 Å². The first kappa shape index (κ1) is 42.1. The van der Waals surface area contributed by atoms with Gasteiger partial charge in [0.2, 0.25) is 35.4 Å². The highest BCUT2D eigenvalue weighted by atomic mass is 16.4. The minimum absolute atomic E-state index is 0.0386. The van der Waals surface area contributed by atoms with E-state index in [1.807, 2.05) is 5.32 Å². The number of hydrogen-bond acceptors (Lipinski definition) is 12. The summed E-state index contributed by atoms with van der Waals surface area (Å²) in [6, 6.07) is -10.9. The summed E-state index contributed by atoms with van der Waals surface area (Å²) < 4.78 is 0. The summed E-state index contributed by atoms with van der Waals surface area (Å²) >= 11 is 0. The van der Waals surface area contributed by atoms with Gasteiger partial charge in [-0.3, -0.25) is 38.4 Å². The molecule has 0 aliphatic rings. The van der Waals surface area contributed by atoms with Gasteiger partial charge in [-0.05, 0) is 26.2 Å². The van der Waals surface area contributed by atoms with Gasteiger partial charge in [-0.2, -0.15) is 0 Å². The molecule has 13 N–H and O–H groups in total. The van der Waals surface area contributed by atoms with E-state index in [-0.39, 0.29) is 12.3 Å². The highest BCUT2D eigenvalue weighted by Gasteiger charge is 2.33. The molecule has 0 radical (unpaired) electrons. The van der Waals surface area contributed by atoms with Crippen LogP contribution in [0.25, 0.3) is 0 Å². The zero-order chi connectivity index (χ0) is 36.6. The van der Waals surface area contributed by atoms with Crippen molar-refractivity contribution in [1.29, 1.82) is 0 Å². The maximum absolute atomic E-state index is 13.1. The molecule has 47 heavy (non-hydrogen) atoms. The predicted molar refractivity (Wildman–Crippen MR) is 157 cm³/mol. The summed E-state index contributed by atoms with van der Waals surface area (Å²) in [5.41, 5.74) is 5.43. The van der Waals surface area contributed by atoms with Crippen molar-refractivity contribution in [2.24, 2.45) is 11.7 Å². The third kappa shape index (κ3) is 15.8. The Labute approximate surface area is 268 Å². The van der Waals surface area contributed by atoms with E-state index in [4.69, 9.17) is 21.1 Å². The monoisotopic (exact) mass is 677 g/mol. The molecule has 0 heterocycles. The summed E-state index contributed by atoms with van der Waals surface area (Å²) in [6.07, 6.45) is -1.78. The molecule has 0 aliphatic carbocycles. The molecule has 0 saturated carbocycles. The van der Waals surface area contributed by atoms with Crippen LogP contribution in [0, 0.1) is 5.92 Å². The van der Waals surface area contributed by atoms with Crippen LogP contribution in [0.3, 0.4) is 0 Å². The Morgan fingerprint density at radius 2 is 0.894 bits per heavy atom. The molecule has 0 rings (SSSR count). The average molecular weight is 678 g/mol. The van der Waals surface area contributed by atoms with Crippen molar-refractivity contribution in [3.8, 4) is 0 Å². The Kier molecular flexibility index (Phi) is 18.2. The smallest absolute Gasteiger partial charge is 0.328 e. The van der Waals surface area contributed by atoms with Gasteiger partial charge in [0.15, 0.2) is 0 Å². The van der Waals surface area contributed by atoms with Gasteiger partial charge in [0, 0.05) is 0 Å². The largest absolute Gasteiger partial charge is 0.481 e. The number of carboxylic acid groups (broad SMARTS) is 3. The summed E-state index contributed by atoms with van der Waals surface area (Å²) in [6.45, 7) is 3.74. The van der Waals surface area contributed by atoms with Crippen LogP contribution in [0.15, 0.2) is 0 Å². The molecule has 0 aromatic carbocycles. The lowest BCUT2D eigenvalue weighted by molar-refractivity contribution is -0.143. The van der Waals surface area contributed by atoms with Gasteiger partial charge in [-0.1, -0.05) is 13.8 Å². The molecule has 0 unspecified atom stereocenters. The molecule has 21 nitrogen and oxygen atoms in total.